The number of aromatic amines is 1. The molecule has 0 spiro atoms. The monoisotopic (exact) mass is 252 g/mol. The smallest absolute Gasteiger partial charge is 0.269 e. The second kappa shape index (κ2) is 5.48. The van der Waals surface area contributed by atoms with Crippen LogP contribution in [0.15, 0.2) is 24.0 Å². The number of amides is 1. The summed E-state index contributed by atoms with van der Waals surface area (Å²) in [5, 5.41) is 10.0. The van der Waals surface area contributed by atoms with Crippen LogP contribution >= 0.6 is 11.8 Å². The van der Waals surface area contributed by atoms with E-state index in [9.17, 15) is 4.79 Å². The standard InChI is InChI=1S/C9H12N6OS/c1-15-6-10-4-7(15)8(16)11-2-3-17-9-12-5-13-14-9/h4-6H,2-3H2,1H3,(H,11,16)(H,12,13,14). The lowest BCUT2D eigenvalue weighted by Crippen LogP contribution is -2.27. The van der Waals surface area contributed by atoms with Crippen molar-refractivity contribution in [1.29, 1.82) is 0 Å². The van der Waals surface area contributed by atoms with Crippen LogP contribution in [-0.2, 0) is 7.05 Å². The fourth-order valence-electron chi connectivity index (χ4n) is 1.24. The molecular formula is C9H12N6OS. The van der Waals surface area contributed by atoms with E-state index in [-0.39, 0.29) is 5.91 Å². The Hall–Kier alpha value is -1.83. The van der Waals surface area contributed by atoms with Crippen LogP contribution in [0.5, 0.6) is 0 Å². The zero-order chi connectivity index (χ0) is 12.1. The number of carbonyl (C=O) groups is 1. The SMILES string of the molecule is Cn1cncc1C(=O)NCCSc1ncn[nH]1. The first kappa shape index (κ1) is 11.6. The highest BCUT2D eigenvalue weighted by Gasteiger charge is 2.08. The van der Waals surface area contributed by atoms with Crippen LogP contribution in [0, 0.1) is 0 Å². The van der Waals surface area contributed by atoms with E-state index >= 15 is 0 Å². The molecule has 2 aromatic rings. The Kier molecular flexibility index (Phi) is 3.76. The van der Waals surface area contributed by atoms with E-state index in [1.807, 2.05) is 0 Å². The number of carbonyl (C=O) groups excluding carboxylic acids is 1. The highest BCUT2D eigenvalue weighted by molar-refractivity contribution is 7.99. The van der Waals surface area contributed by atoms with Gasteiger partial charge < -0.3 is 9.88 Å². The second-order valence-corrected chi connectivity index (χ2v) is 4.37. The molecule has 7 nitrogen and oxygen atoms in total. The van der Waals surface area contributed by atoms with Gasteiger partial charge in [-0.15, -0.1) is 0 Å². The molecular weight excluding hydrogens is 240 g/mol. The van der Waals surface area contributed by atoms with Crippen LogP contribution in [0.3, 0.4) is 0 Å². The van der Waals surface area contributed by atoms with Gasteiger partial charge in [0.2, 0.25) is 0 Å². The van der Waals surface area contributed by atoms with Gasteiger partial charge in [-0.1, -0.05) is 11.8 Å². The third kappa shape index (κ3) is 3.06. The quantitative estimate of drug-likeness (QED) is 0.580. The summed E-state index contributed by atoms with van der Waals surface area (Å²) < 4.78 is 1.68. The molecule has 0 fully saturated rings. The van der Waals surface area contributed by atoms with Crippen molar-refractivity contribution in [3.63, 3.8) is 0 Å². The molecule has 0 aromatic carbocycles. The molecule has 0 saturated heterocycles. The molecule has 2 heterocycles. The lowest BCUT2D eigenvalue weighted by molar-refractivity contribution is 0.0948. The Bertz CT molecular complexity index is 479. The predicted molar refractivity (Wildman–Crippen MR) is 62.6 cm³/mol. The maximum atomic E-state index is 11.7. The lowest BCUT2D eigenvalue weighted by Gasteiger charge is -2.04. The molecule has 2 aromatic heterocycles. The normalized spacial score (nSPS) is 10.4. The molecule has 90 valence electrons. The van der Waals surface area contributed by atoms with Gasteiger partial charge in [-0.2, -0.15) is 5.10 Å². The van der Waals surface area contributed by atoms with E-state index < -0.39 is 0 Å². The number of H-pyrrole nitrogens is 1. The van der Waals surface area contributed by atoms with Crippen LogP contribution in [0.25, 0.3) is 0 Å². The van der Waals surface area contributed by atoms with E-state index in [1.165, 1.54) is 18.1 Å². The number of hydrogen-bond donors (Lipinski definition) is 2. The minimum Gasteiger partial charge on any atom is -0.350 e. The number of thioether (sulfide) groups is 1. The van der Waals surface area contributed by atoms with Crippen molar-refractivity contribution >= 4 is 17.7 Å². The van der Waals surface area contributed by atoms with Crippen LogP contribution in [0.2, 0.25) is 0 Å². The number of nitrogens with zero attached hydrogens (tertiary/aromatic N) is 4. The molecule has 0 atom stereocenters. The summed E-state index contributed by atoms with van der Waals surface area (Å²) in [7, 11) is 1.78. The van der Waals surface area contributed by atoms with Gasteiger partial charge >= 0.3 is 0 Å². The highest BCUT2D eigenvalue weighted by Crippen LogP contribution is 2.08. The van der Waals surface area contributed by atoms with E-state index in [2.05, 4.69) is 25.5 Å². The van der Waals surface area contributed by atoms with Crippen molar-refractivity contribution in [1.82, 2.24) is 30.0 Å². The van der Waals surface area contributed by atoms with Crippen molar-refractivity contribution in [3.8, 4) is 0 Å². The molecule has 0 aliphatic carbocycles. The van der Waals surface area contributed by atoms with Crippen molar-refractivity contribution in [2.24, 2.45) is 7.05 Å². The Morgan fingerprint density at radius 3 is 3.18 bits per heavy atom. The van der Waals surface area contributed by atoms with Gasteiger partial charge in [0.1, 0.15) is 12.0 Å². The number of hydrogen-bond acceptors (Lipinski definition) is 5. The summed E-state index contributed by atoms with van der Waals surface area (Å²) in [4.78, 5) is 19.5. The molecule has 0 aliphatic rings. The lowest BCUT2D eigenvalue weighted by atomic mass is 10.4. The Morgan fingerprint density at radius 2 is 2.53 bits per heavy atom. The van der Waals surface area contributed by atoms with E-state index in [1.54, 1.807) is 24.1 Å². The third-order valence-corrected chi connectivity index (χ3v) is 2.95. The molecule has 0 radical (unpaired) electrons. The second-order valence-electron chi connectivity index (χ2n) is 3.28. The van der Waals surface area contributed by atoms with Crippen LogP contribution in [0.4, 0.5) is 0 Å². The van der Waals surface area contributed by atoms with Crippen LogP contribution in [0.1, 0.15) is 10.5 Å². The predicted octanol–water partition coefficient (Wildman–Crippen LogP) is 0.0603. The molecule has 17 heavy (non-hydrogen) atoms. The van der Waals surface area contributed by atoms with Gasteiger partial charge in [-0.3, -0.25) is 9.89 Å². The number of aryl methyl sites for hydroxylation is 1. The van der Waals surface area contributed by atoms with Gasteiger partial charge in [-0.25, -0.2) is 9.97 Å². The summed E-state index contributed by atoms with van der Waals surface area (Å²) in [6, 6.07) is 0. The number of aromatic nitrogens is 5. The molecule has 0 unspecified atom stereocenters. The van der Waals surface area contributed by atoms with Gasteiger partial charge in [0.05, 0.1) is 12.5 Å². The summed E-state index contributed by atoms with van der Waals surface area (Å²) in [6.07, 6.45) is 4.59. The van der Waals surface area contributed by atoms with Gasteiger partial charge in [0.25, 0.3) is 5.91 Å². The third-order valence-electron chi connectivity index (χ3n) is 2.07. The Labute approximate surface area is 102 Å². The van der Waals surface area contributed by atoms with E-state index in [0.29, 0.717) is 12.2 Å². The molecule has 0 aliphatic heterocycles. The minimum absolute atomic E-state index is 0.122. The van der Waals surface area contributed by atoms with Crippen molar-refractivity contribution < 1.29 is 4.79 Å². The van der Waals surface area contributed by atoms with Crippen molar-refractivity contribution in [2.45, 2.75) is 5.16 Å². The van der Waals surface area contributed by atoms with Gasteiger partial charge in [0, 0.05) is 19.3 Å². The Morgan fingerprint density at radius 1 is 1.65 bits per heavy atom. The Balaban J connectivity index is 1.72. The molecule has 2 N–H and O–H groups in total. The van der Waals surface area contributed by atoms with Crippen LogP contribution < -0.4 is 5.32 Å². The van der Waals surface area contributed by atoms with Gasteiger partial charge in [-0.05, 0) is 0 Å². The van der Waals surface area contributed by atoms with E-state index in [4.69, 9.17) is 0 Å². The summed E-state index contributed by atoms with van der Waals surface area (Å²) in [6.45, 7) is 0.565. The first-order chi connectivity index (χ1) is 8.27. The average Bonchev–Trinajstić information content (AvgIpc) is 2.95. The summed E-state index contributed by atoms with van der Waals surface area (Å²) in [5.74, 6) is 0.613. The molecule has 8 heteroatoms. The molecule has 2 rings (SSSR count). The zero-order valence-electron chi connectivity index (χ0n) is 9.25. The van der Waals surface area contributed by atoms with Crippen molar-refractivity contribution in [2.75, 3.05) is 12.3 Å². The topological polar surface area (TPSA) is 88.5 Å². The van der Waals surface area contributed by atoms with Crippen LogP contribution in [-0.4, -0.2) is 42.9 Å². The number of nitrogens with one attached hydrogen (secondary N) is 2. The number of rotatable bonds is 5. The molecule has 0 saturated carbocycles. The first-order valence-corrected chi connectivity index (χ1v) is 5.98. The maximum Gasteiger partial charge on any atom is 0.269 e. The zero-order valence-corrected chi connectivity index (χ0v) is 10.1. The fourth-order valence-corrected chi connectivity index (χ4v) is 1.88. The fraction of sp³-hybridized carbons (Fsp3) is 0.333. The minimum atomic E-state index is -0.122. The average molecular weight is 252 g/mol. The van der Waals surface area contributed by atoms with Crippen molar-refractivity contribution in [3.05, 3.63) is 24.5 Å². The summed E-state index contributed by atoms with van der Waals surface area (Å²) in [5.41, 5.74) is 0.551. The first-order valence-electron chi connectivity index (χ1n) is 5.00. The van der Waals surface area contributed by atoms with Gasteiger partial charge in [0.15, 0.2) is 5.16 Å². The maximum absolute atomic E-state index is 11.7. The highest BCUT2D eigenvalue weighted by atomic mass is 32.2. The molecule has 1 amide bonds. The molecule has 0 bridgehead atoms. The number of imidazole rings is 1. The van der Waals surface area contributed by atoms with E-state index in [0.717, 1.165) is 10.9 Å². The largest absolute Gasteiger partial charge is 0.350 e. The summed E-state index contributed by atoms with van der Waals surface area (Å²) >= 11 is 1.50.